The number of nitrogens with zero attached hydrogens (tertiary/aromatic N) is 5. The highest BCUT2D eigenvalue weighted by Gasteiger charge is 2.21. The Balaban J connectivity index is 0.00000243. The Hall–Kier alpha value is -1.65. The molecule has 1 aliphatic rings. The molecule has 26 heavy (non-hydrogen) atoms. The van der Waals surface area contributed by atoms with Crippen molar-refractivity contribution in [2.45, 2.75) is 65.6 Å². The van der Waals surface area contributed by atoms with E-state index < -0.39 is 0 Å². The second-order valence-electron chi connectivity index (χ2n) is 6.71. The molecule has 0 aromatic carbocycles. The molecule has 144 valence electrons. The smallest absolute Gasteiger partial charge is 0.191 e. The summed E-state index contributed by atoms with van der Waals surface area (Å²) in [4.78, 5) is 9.08. The molecular formula is C17H28IN7O. The Morgan fingerprint density at radius 1 is 1.46 bits per heavy atom. The van der Waals surface area contributed by atoms with Crippen molar-refractivity contribution in [1.82, 2.24) is 30.6 Å². The van der Waals surface area contributed by atoms with Crippen LogP contribution < -0.4 is 10.6 Å². The average Bonchev–Trinajstić information content (AvgIpc) is 3.18. The molecule has 0 radical (unpaired) electrons. The number of hydrogen-bond acceptors (Lipinski definition) is 5. The van der Waals surface area contributed by atoms with Gasteiger partial charge in [0.1, 0.15) is 18.2 Å². The summed E-state index contributed by atoms with van der Waals surface area (Å²) in [5.41, 5.74) is 0.963. The minimum atomic E-state index is 0. The van der Waals surface area contributed by atoms with Gasteiger partial charge in [-0.05, 0) is 26.2 Å². The largest absolute Gasteiger partial charge is 0.359 e. The van der Waals surface area contributed by atoms with Crippen LogP contribution in [-0.2, 0) is 19.5 Å². The van der Waals surface area contributed by atoms with Gasteiger partial charge in [0, 0.05) is 25.1 Å². The fourth-order valence-corrected chi connectivity index (χ4v) is 2.90. The normalized spacial score (nSPS) is 17.0. The SMILES string of the molecule is CCNC(=NCc1cc(C(C)C)no1)NC1CCc2nc(C)nn2C1.I. The van der Waals surface area contributed by atoms with Crippen LogP contribution in [-0.4, -0.2) is 38.5 Å². The molecule has 3 rings (SSSR count). The van der Waals surface area contributed by atoms with Crippen LogP contribution in [0.2, 0.25) is 0 Å². The first-order valence-corrected chi connectivity index (χ1v) is 8.95. The highest BCUT2D eigenvalue weighted by Crippen LogP contribution is 2.15. The molecule has 0 saturated heterocycles. The Morgan fingerprint density at radius 2 is 2.27 bits per heavy atom. The molecule has 1 unspecified atom stereocenters. The molecule has 2 aromatic rings. The monoisotopic (exact) mass is 473 g/mol. The van der Waals surface area contributed by atoms with Gasteiger partial charge in [-0.2, -0.15) is 5.10 Å². The number of fused-ring (bicyclic) bond motifs is 1. The zero-order valence-corrected chi connectivity index (χ0v) is 18.2. The Kier molecular flexibility index (Phi) is 7.42. The summed E-state index contributed by atoms with van der Waals surface area (Å²) in [6, 6.07) is 2.26. The minimum Gasteiger partial charge on any atom is -0.359 e. The first-order chi connectivity index (χ1) is 12.0. The first kappa shape index (κ1) is 20.7. The van der Waals surface area contributed by atoms with Crippen LogP contribution in [0.4, 0.5) is 0 Å². The van der Waals surface area contributed by atoms with E-state index in [2.05, 4.69) is 51.6 Å². The molecule has 0 saturated carbocycles. The van der Waals surface area contributed by atoms with E-state index in [0.29, 0.717) is 12.5 Å². The fourth-order valence-electron chi connectivity index (χ4n) is 2.90. The molecule has 2 N–H and O–H groups in total. The number of guanidine groups is 1. The van der Waals surface area contributed by atoms with E-state index in [-0.39, 0.29) is 30.0 Å². The molecule has 9 heteroatoms. The van der Waals surface area contributed by atoms with Gasteiger partial charge in [0.15, 0.2) is 11.7 Å². The molecule has 0 aliphatic carbocycles. The van der Waals surface area contributed by atoms with E-state index in [1.54, 1.807) is 0 Å². The van der Waals surface area contributed by atoms with Crippen LogP contribution in [0.3, 0.4) is 0 Å². The van der Waals surface area contributed by atoms with E-state index in [1.165, 1.54) is 0 Å². The average molecular weight is 473 g/mol. The maximum absolute atomic E-state index is 5.36. The lowest BCUT2D eigenvalue weighted by atomic mass is 10.1. The topological polar surface area (TPSA) is 93.2 Å². The lowest BCUT2D eigenvalue weighted by Crippen LogP contribution is -2.47. The number of aryl methyl sites for hydroxylation is 2. The number of aromatic nitrogens is 4. The lowest BCUT2D eigenvalue weighted by molar-refractivity contribution is 0.375. The van der Waals surface area contributed by atoms with Crippen LogP contribution in [0.25, 0.3) is 0 Å². The van der Waals surface area contributed by atoms with E-state index in [0.717, 1.165) is 55.0 Å². The van der Waals surface area contributed by atoms with Crippen molar-refractivity contribution in [3.63, 3.8) is 0 Å². The van der Waals surface area contributed by atoms with Gasteiger partial charge >= 0.3 is 0 Å². The predicted octanol–water partition coefficient (Wildman–Crippen LogP) is 2.39. The standard InChI is InChI=1S/C17H27N7O.HI/c1-5-18-17(19-9-14-8-15(11(2)3)23-25-14)21-13-6-7-16-20-12(4)22-24(16)10-13;/h8,11,13H,5-7,9-10H2,1-4H3,(H2,18,19,21);1H. The minimum absolute atomic E-state index is 0. The zero-order chi connectivity index (χ0) is 17.8. The molecular weight excluding hydrogens is 445 g/mol. The fraction of sp³-hybridized carbons (Fsp3) is 0.647. The maximum Gasteiger partial charge on any atom is 0.191 e. The van der Waals surface area contributed by atoms with Crippen molar-refractivity contribution in [1.29, 1.82) is 0 Å². The highest BCUT2D eigenvalue weighted by molar-refractivity contribution is 14.0. The third-order valence-corrected chi connectivity index (χ3v) is 4.21. The molecule has 1 atom stereocenters. The second-order valence-corrected chi connectivity index (χ2v) is 6.71. The van der Waals surface area contributed by atoms with E-state index >= 15 is 0 Å². The third-order valence-electron chi connectivity index (χ3n) is 4.21. The summed E-state index contributed by atoms with van der Waals surface area (Å²) < 4.78 is 7.35. The molecule has 0 bridgehead atoms. The third kappa shape index (κ3) is 5.18. The number of rotatable bonds is 5. The van der Waals surface area contributed by atoms with Crippen molar-refractivity contribution in [2.24, 2.45) is 4.99 Å². The van der Waals surface area contributed by atoms with Crippen LogP contribution in [0.5, 0.6) is 0 Å². The Labute approximate surface area is 171 Å². The van der Waals surface area contributed by atoms with Crippen molar-refractivity contribution in [3.8, 4) is 0 Å². The van der Waals surface area contributed by atoms with Crippen molar-refractivity contribution in [3.05, 3.63) is 29.2 Å². The number of halogens is 1. The Bertz CT molecular complexity index is 737. The molecule has 0 fully saturated rings. The first-order valence-electron chi connectivity index (χ1n) is 8.95. The van der Waals surface area contributed by atoms with Gasteiger partial charge in [-0.15, -0.1) is 24.0 Å². The number of hydrogen-bond donors (Lipinski definition) is 2. The number of nitrogens with one attached hydrogen (secondary N) is 2. The second kappa shape index (κ2) is 9.33. The molecule has 2 aromatic heterocycles. The molecule has 0 spiro atoms. The molecule has 1 aliphatic heterocycles. The summed E-state index contributed by atoms with van der Waals surface area (Å²) in [5.74, 6) is 3.83. The van der Waals surface area contributed by atoms with Gasteiger partial charge in [-0.3, -0.25) is 0 Å². The van der Waals surface area contributed by atoms with Crippen LogP contribution >= 0.6 is 24.0 Å². The summed E-state index contributed by atoms with van der Waals surface area (Å²) in [5, 5.41) is 15.3. The maximum atomic E-state index is 5.36. The van der Waals surface area contributed by atoms with Gasteiger partial charge in [-0.1, -0.05) is 19.0 Å². The molecule has 8 nitrogen and oxygen atoms in total. The van der Waals surface area contributed by atoms with E-state index in [4.69, 9.17) is 4.52 Å². The van der Waals surface area contributed by atoms with Crippen molar-refractivity contribution in [2.75, 3.05) is 6.54 Å². The lowest BCUT2D eigenvalue weighted by Gasteiger charge is -2.25. The quantitative estimate of drug-likeness (QED) is 0.394. The van der Waals surface area contributed by atoms with Gasteiger partial charge in [0.05, 0.1) is 12.2 Å². The summed E-state index contributed by atoms with van der Waals surface area (Å²) in [7, 11) is 0. The van der Waals surface area contributed by atoms with Crippen LogP contribution in [0.15, 0.2) is 15.6 Å². The molecule has 0 amide bonds. The molecule has 3 heterocycles. The summed E-state index contributed by atoms with van der Waals surface area (Å²) in [6.07, 6.45) is 1.94. The van der Waals surface area contributed by atoms with Gasteiger partial charge in [0.2, 0.25) is 0 Å². The van der Waals surface area contributed by atoms with Crippen LogP contribution in [0.1, 0.15) is 56.2 Å². The predicted molar refractivity (Wildman–Crippen MR) is 111 cm³/mol. The van der Waals surface area contributed by atoms with Crippen LogP contribution in [0, 0.1) is 6.92 Å². The van der Waals surface area contributed by atoms with E-state index in [1.807, 2.05) is 17.7 Å². The Morgan fingerprint density at radius 3 is 2.96 bits per heavy atom. The number of aliphatic imine (C=N–C) groups is 1. The highest BCUT2D eigenvalue weighted by atomic mass is 127. The summed E-state index contributed by atoms with van der Waals surface area (Å²) >= 11 is 0. The van der Waals surface area contributed by atoms with Crippen molar-refractivity contribution < 1.29 is 4.52 Å². The van der Waals surface area contributed by atoms with Crippen molar-refractivity contribution >= 4 is 29.9 Å². The van der Waals surface area contributed by atoms with Gasteiger partial charge < -0.3 is 15.2 Å². The zero-order valence-electron chi connectivity index (χ0n) is 15.8. The van der Waals surface area contributed by atoms with E-state index in [9.17, 15) is 0 Å². The summed E-state index contributed by atoms with van der Waals surface area (Å²) in [6.45, 7) is 10.3. The van der Waals surface area contributed by atoms with Gasteiger partial charge in [-0.25, -0.2) is 14.7 Å². The van der Waals surface area contributed by atoms with Gasteiger partial charge in [0.25, 0.3) is 0 Å².